The summed E-state index contributed by atoms with van der Waals surface area (Å²) in [4.78, 5) is 15.5. The van der Waals surface area contributed by atoms with Crippen LogP contribution >= 0.6 is 11.8 Å². The lowest BCUT2D eigenvalue weighted by molar-refractivity contribution is -0.117. The molecule has 0 aliphatic carbocycles. The van der Waals surface area contributed by atoms with Crippen LogP contribution in [0.1, 0.15) is 20.8 Å². The Morgan fingerprint density at radius 3 is 2.61 bits per heavy atom. The summed E-state index contributed by atoms with van der Waals surface area (Å²) in [6.45, 7) is 6.02. The van der Waals surface area contributed by atoms with E-state index in [2.05, 4.69) is 4.98 Å². The van der Waals surface area contributed by atoms with Gasteiger partial charge in [0.15, 0.2) is 5.58 Å². The minimum absolute atomic E-state index is 0.168. The van der Waals surface area contributed by atoms with Crippen molar-refractivity contribution in [1.82, 2.24) is 9.29 Å². The molecule has 0 aliphatic heterocycles. The van der Waals surface area contributed by atoms with E-state index in [1.165, 1.54) is 16.4 Å². The van der Waals surface area contributed by atoms with E-state index in [4.69, 9.17) is 10.2 Å². The van der Waals surface area contributed by atoms with Crippen LogP contribution in [-0.2, 0) is 14.8 Å². The number of fused-ring (bicyclic) bond motifs is 1. The molecule has 1 heterocycles. The molecule has 2 rings (SSSR count). The molecule has 0 spiro atoms. The Morgan fingerprint density at radius 2 is 2.04 bits per heavy atom. The first-order valence-corrected chi connectivity index (χ1v) is 9.48. The highest BCUT2D eigenvalue weighted by molar-refractivity contribution is 8.00. The number of rotatable bonds is 7. The molecule has 1 atom stereocenters. The largest absolute Gasteiger partial charge is 0.431 e. The molecule has 0 bridgehead atoms. The van der Waals surface area contributed by atoms with E-state index < -0.39 is 21.2 Å². The van der Waals surface area contributed by atoms with Gasteiger partial charge in [0, 0.05) is 13.1 Å². The van der Waals surface area contributed by atoms with Crippen LogP contribution in [0.15, 0.2) is 32.7 Å². The van der Waals surface area contributed by atoms with Crippen molar-refractivity contribution in [3.63, 3.8) is 0 Å². The zero-order valence-electron chi connectivity index (χ0n) is 13.1. The number of nitrogens with zero attached hydrogens (tertiary/aromatic N) is 2. The van der Waals surface area contributed by atoms with Gasteiger partial charge in [-0.25, -0.2) is 13.4 Å². The number of amides is 1. The maximum atomic E-state index is 12.5. The fourth-order valence-electron chi connectivity index (χ4n) is 2.02. The lowest BCUT2D eigenvalue weighted by atomic mass is 10.3. The fraction of sp³-hybridized carbons (Fsp3) is 0.429. The van der Waals surface area contributed by atoms with E-state index in [1.54, 1.807) is 26.8 Å². The average Bonchev–Trinajstić information content (AvgIpc) is 2.89. The average molecular weight is 357 g/mol. The Kier molecular flexibility index (Phi) is 5.33. The summed E-state index contributed by atoms with van der Waals surface area (Å²) in [5.74, 6) is -0.470. The quantitative estimate of drug-likeness (QED) is 0.758. The smallest absolute Gasteiger partial charge is 0.257 e. The van der Waals surface area contributed by atoms with E-state index in [0.717, 1.165) is 11.8 Å². The summed E-state index contributed by atoms with van der Waals surface area (Å²) in [5, 5.41) is -0.203. The van der Waals surface area contributed by atoms with Crippen molar-refractivity contribution in [1.29, 1.82) is 0 Å². The third-order valence-electron chi connectivity index (χ3n) is 3.36. The van der Waals surface area contributed by atoms with E-state index in [0.29, 0.717) is 24.2 Å². The van der Waals surface area contributed by atoms with Crippen LogP contribution in [0.4, 0.5) is 0 Å². The predicted molar refractivity (Wildman–Crippen MR) is 88.6 cm³/mol. The number of hydrogen-bond donors (Lipinski definition) is 1. The van der Waals surface area contributed by atoms with Gasteiger partial charge in [0.25, 0.3) is 5.22 Å². The minimum atomic E-state index is -3.55. The van der Waals surface area contributed by atoms with Crippen molar-refractivity contribution < 1.29 is 17.6 Å². The Morgan fingerprint density at radius 1 is 1.39 bits per heavy atom. The number of sulfonamides is 1. The highest BCUT2D eigenvalue weighted by Crippen LogP contribution is 2.28. The molecule has 0 radical (unpaired) electrons. The van der Waals surface area contributed by atoms with Crippen LogP contribution < -0.4 is 5.73 Å². The molecule has 0 saturated heterocycles. The number of hydrogen-bond acceptors (Lipinski definition) is 6. The second-order valence-corrected chi connectivity index (χ2v) is 8.09. The second-order valence-electron chi connectivity index (χ2n) is 4.86. The molecule has 1 aromatic carbocycles. The number of benzene rings is 1. The number of carbonyl (C=O) groups excluding carboxylic acids is 1. The molecule has 23 heavy (non-hydrogen) atoms. The molecular weight excluding hydrogens is 338 g/mol. The third-order valence-corrected chi connectivity index (χ3v) is 6.37. The van der Waals surface area contributed by atoms with Gasteiger partial charge in [-0.05, 0) is 25.1 Å². The first-order chi connectivity index (χ1) is 10.8. The van der Waals surface area contributed by atoms with Gasteiger partial charge < -0.3 is 10.2 Å². The van der Waals surface area contributed by atoms with Crippen molar-refractivity contribution in [2.75, 3.05) is 13.1 Å². The number of primary amides is 1. The maximum Gasteiger partial charge on any atom is 0.257 e. The molecule has 2 N–H and O–H groups in total. The van der Waals surface area contributed by atoms with Gasteiger partial charge in [-0.3, -0.25) is 4.79 Å². The highest BCUT2D eigenvalue weighted by atomic mass is 32.2. The molecule has 9 heteroatoms. The Labute approximate surface area is 139 Å². The van der Waals surface area contributed by atoms with E-state index in [9.17, 15) is 13.2 Å². The van der Waals surface area contributed by atoms with Crippen LogP contribution in [0.5, 0.6) is 0 Å². The van der Waals surface area contributed by atoms with Gasteiger partial charge in [0.2, 0.25) is 15.9 Å². The maximum absolute atomic E-state index is 12.5. The topological polar surface area (TPSA) is 107 Å². The molecule has 0 fully saturated rings. The predicted octanol–water partition coefficient (Wildman–Crippen LogP) is 1.82. The summed E-state index contributed by atoms with van der Waals surface area (Å²) in [6, 6.07) is 4.54. The van der Waals surface area contributed by atoms with Crippen LogP contribution in [-0.4, -0.2) is 42.0 Å². The van der Waals surface area contributed by atoms with E-state index >= 15 is 0 Å². The second kappa shape index (κ2) is 6.90. The highest BCUT2D eigenvalue weighted by Gasteiger charge is 2.23. The molecule has 0 saturated carbocycles. The minimum Gasteiger partial charge on any atom is -0.431 e. The monoisotopic (exact) mass is 357 g/mol. The lowest BCUT2D eigenvalue weighted by Crippen LogP contribution is -2.30. The van der Waals surface area contributed by atoms with Crippen LogP contribution in [0.3, 0.4) is 0 Å². The molecule has 7 nitrogen and oxygen atoms in total. The van der Waals surface area contributed by atoms with Gasteiger partial charge in [-0.2, -0.15) is 4.31 Å². The van der Waals surface area contributed by atoms with Gasteiger partial charge in [0.1, 0.15) is 5.52 Å². The first-order valence-electron chi connectivity index (χ1n) is 7.16. The summed E-state index contributed by atoms with van der Waals surface area (Å²) >= 11 is 1.09. The van der Waals surface area contributed by atoms with Crippen LogP contribution in [0, 0.1) is 0 Å². The number of nitrogens with two attached hydrogens (primary N) is 1. The standard InChI is InChI=1S/C14H19N3O4S2/c1-4-17(5-2)23(19,20)10-6-7-12-11(8-10)16-14(21-12)22-9(3)13(15)18/h6-9H,4-5H2,1-3H3,(H2,15,18)/t9-/m0/s1. The van der Waals surface area contributed by atoms with Crippen molar-refractivity contribution in [2.24, 2.45) is 5.73 Å². The summed E-state index contributed by atoms with van der Waals surface area (Å²) in [7, 11) is -3.55. The summed E-state index contributed by atoms with van der Waals surface area (Å²) in [6.07, 6.45) is 0. The zero-order valence-corrected chi connectivity index (χ0v) is 14.8. The Hall–Kier alpha value is -1.58. The number of carbonyl (C=O) groups is 1. The first kappa shape index (κ1) is 17.8. The van der Waals surface area contributed by atoms with Gasteiger partial charge in [0.05, 0.1) is 10.1 Å². The Balaban J connectivity index is 2.38. The van der Waals surface area contributed by atoms with E-state index in [-0.39, 0.29) is 10.1 Å². The third kappa shape index (κ3) is 3.67. The SMILES string of the molecule is CCN(CC)S(=O)(=O)c1ccc2oc(S[C@@H](C)C(N)=O)nc2c1. The molecule has 0 unspecified atom stereocenters. The van der Waals surface area contributed by atoms with Crippen molar-refractivity contribution >= 4 is 38.8 Å². The van der Waals surface area contributed by atoms with Crippen molar-refractivity contribution in [3.05, 3.63) is 18.2 Å². The molecule has 1 aromatic heterocycles. The molecule has 0 aliphatic rings. The fourth-order valence-corrected chi connectivity index (χ4v) is 4.20. The van der Waals surface area contributed by atoms with Crippen LogP contribution in [0.25, 0.3) is 11.1 Å². The molecular formula is C14H19N3O4S2. The number of aromatic nitrogens is 1. The Bertz CT molecular complexity index is 813. The molecule has 2 aromatic rings. The van der Waals surface area contributed by atoms with Gasteiger partial charge >= 0.3 is 0 Å². The normalized spacial score (nSPS) is 13.6. The van der Waals surface area contributed by atoms with Crippen molar-refractivity contribution in [2.45, 2.75) is 36.1 Å². The van der Waals surface area contributed by atoms with Gasteiger partial charge in [-0.15, -0.1) is 0 Å². The van der Waals surface area contributed by atoms with E-state index in [1.807, 2.05) is 0 Å². The van der Waals surface area contributed by atoms with Gasteiger partial charge in [-0.1, -0.05) is 25.6 Å². The zero-order chi connectivity index (χ0) is 17.2. The van der Waals surface area contributed by atoms with Crippen LogP contribution in [0.2, 0.25) is 0 Å². The number of thioether (sulfide) groups is 1. The molecule has 1 amide bonds. The summed E-state index contributed by atoms with van der Waals surface area (Å²) in [5.41, 5.74) is 6.10. The lowest BCUT2D eigenvalue weighted by Gasteiger charge is -2.18. The van der Waals surface area contributed by atoms with Crippen molar-refractivity contribution in [3.8, 4) is 0 Å². The molecule has 126 valence electrons. The summed E-state index contributed by atoms with van der Waals surface area (Å²) < 4.78 is 31.9. The number of oxazole rings is 1.